The Morgan fingerprint density at radius 1 is 1.57 bits per heavy atom. The number of halogens is 1. The molecule has 0 saturated heterocycles. The van der Waals surface area contributed by atoms with Gasteiger partial charge in [-0.15, -0.1) is 10.2 Å². The van der Waals surface area contributed by atoms with Gasteiger partial charge in [-0.1, -0.05) is 11.3 Å². The van der Waals surface area contributed by atoms with Gasteiger partial charge >= 0.3 is 0 Å². The summed E-state index contributed by atoms with van der Waals surface area (Å²) in [6, 6.07) is 0.549. The van der Waals surface area contributed by atoms with E-state index in [0.717, 1.165) is 17.3 Å². The van der Waals surface area contributed by atoms with E-state index >= 15 is 0 Å². The van der Waals surface area contributed by atoms with E-state index in [4.69, 9.17) is 11.6 Å². The van der Waals surface area contributed by atoms with Gasteiger partial charge in [-0.3, -0.25) is 4.90 Å². The Labute approximate surface area is 97.9 Å². The topological polar surface area (TPSA) is 29.0 Å². The molecule has 1 rings (SSSR count). The van der Waals surface area contributed by atoms with Crippen molar-refractivity contribution in [3.63, 3.8) is 0 Å². The van der Waals surface area contributed by atoms with Crippen molar-refractivity contribution in [1.29, 1.82) is 0 Å². The Balaban J connectivity index is 2.43. The third kappa shape index (κ3) is 3.73. The lowest BCUT2D eigenvalue weighted by Gasteiger charge is -2.22. The second-order valence-electron chi connectivity index (χ2n) is 3.17. The third-order valence-electron chi connectivity index (χ3n) is 1.99. The van der Waals surface area contributed by atoms with E-state index in [9.17, 15) is 0 Å². The SMILES string of the molecule is CSCC(C)N(C)Cc1nnc(Cl)s1. The van der Waals surface area contributed by atoms with Gasteiger partial charge in [0.1, 0.15) is 5.01 Å². The predicted octanol–water partition coefficient (Wildman–Crippen LogP) is 2.37. The average molecular weight is 252 g/mol. The van der Waals surface area contributed by atoms with Gasteiger partial charge in [-0.25, -0.2) is 0 Å². The van der Waals surface area contributed by atoms with E-state index in [1.807, 2.05) is 11.8 Å². The first-order valence-electron chi connectivity index (χ1n) is 4.30. The zero-order valence-corrected chi connectivity index (χ0v) is 10.9. The maximum absolute atomic E-state index is 5.71. The van der Waals surface area contributed by atoms with Crippen LogP contribution in [-0.4, -0.2) is 40.2 Å². The molecule has 0 aliphatic carbocycles. The quantitative estimate of drug-likeness (QED) is 0.804. The summed E-state index contributed by atoms with van der Waals surface area (Å²) >= 11 is 9.01. The van der Waals surface area contributed by atoms with E-state index in [0.29, 0.717) is 10.5 Å². The summed E-state index contributed by atoms with van der Waals surface area (Å²) in [6.45, 7) is 3.03. The van der Waals surface area contributed by atoms with Crippen molar-refractivity contribution < 1.29 is 0 Å². The normalized spacial score (nSPS) is 13.5. The minimum absolute atomic E-state index is 0.519. The van der Waals surface area contributed by atoms with Gasteiger partial charge in [0, 0.05) is 11.8 Å². The van der Waals surface area contributed by atoms with Crippen molar-refractivity contribution >= 4 is 34.7 Å². The van der Waals surface area contributed by atoms with Gasteiger partial charge < -0.3 is 0 Å². The molecule has 3 nitrogen and oxygen atoms in total. The largest absolute Gasteiger partial charge is 0.296 e. The summed E-state index contributed by atoms with van der Waals surface area (Å²) in [5.74, 6) is 1.13. The van der Waals surface area contributed by atoms with Crippen LogP contribution < -0.4 is 0 Å². The first-order chi connectivity index (χ1) is 6.63. The fourth-order valence-corrected chi connectivity index (χ4v) is 2.70. The Hall–Kier alpha value is 0.160. The van der Waals surface area contributed by atoms with E-state index < -0.39 is 0 Å². The highest BCUT2D eigenvalue weighted by Crippen LogP contribution is 2.17. The molecule has 0 saturated carbocycles. The maximum atomic E-state index is 5.71. The molecule has 0 aliphatic rings. The molecule has 0 radical (unpaired) electrons. The fraction of sp³-hybridized carbons (Fsp3) is 0.750. The van der Waals surface area contributed by atoms with Crippen LogP contribution in [0.15, 0.2) is 0 Å². The van der Waals surface area contributed by atoms with E-state index in [2.05, 4.69) is 35.3 Å². The van der Waals surface area contributed by atoms with Crippen LogP contribution in [0.1, 0.15) is 11.9 Å². The zero-order valence-electron chi connectivity index (χ0n) is 8.53. The molecular weight excluding hydrogens is 238 g/mol. The highest BCUT2D eigenvalue weighted by atomic mass is 35.5. The van der Waals surface area contributed by atoms with Crippen LogP contribution in [0, 0.1) is 0 Å². The molecule has 0 bridgehead atoms. The van der Waals surface area contributed by atoms with Gasteiger partial charge in [0.15, 0.2) is 0 Å². The van der Waals surface area contributed by atoms with Crippen LogP contribution in [0.4, 0.5) is 0 Å². The standard InChI is InChI=1S/C8H14ClN3S2/c1-6(5-13-3)12(2)4-7-10-11-8(9)14-7/h6H,4-5H2,1-3H3. The van der Waals surface area contributed by atoms with Gasteiger partial charge in [0.2, 0.25) is 4.47 Å². The summed E-state index contributed by atoms with van der Waals surface area (Å²) in [6.07, 6.45) is 2.12. The zero-order chi connectivity index (χ0) is 10.6. The second-order valence-corrected chi connectivity index (χ2v) is 5.72. The molecule has 0 spiro atoms. The van der Waals surface area contributed by atoms with E-state index in [-0.39, 0.29) is 0 Å². The van der Waals surface area contributed by atoms with Gasteiger partial charge in [-0.2, -0.15) is 11.8 Å². The number of nitrogens with zero attached hydrogens (tertiary/aromatic N) is 3. The van der Waals surface area contributed by atoms with Crippen molar-refractivity contribution in [2.45, 2.75) is 19.5 Å². The molecule has 1 aromatic heterocycles. The monoisotopic (exact) mass is 251 g/mol. The van der Waals surface area contributed by atoms with Crippen LogP contribution >= 0.6 is 34.7 Å². The lowest BCUT2D eigenvalue weighted by molar-refractivity contribution is 0.269. The highest BCUT2D eigenvalue weighted by Gasteiger charge is 2.11. The van der Waals surface area contributed by atoms with Crippen LogP contribution in [0.2, 0.25) is 4.47 Å². The Morgan fingerprint density at radius 2 is 2.29 bits per heavy atom. The van der Waals surface area contributed by atoms with Crippen LogP contribution in [0.5, 0.6) is 0 Å². The number of thioether (sulfide) groups is 1. The van der Waals surface area contributed by atoms with Gasteiger partial charge in [0.05, 0.1) is 6.54 Å². The summed E-state index contributed by atoms with van der Waals surface area (Å²) in [5, 5.41) is 8.74. The smallest absolute Gasteiger partial charge is 0.207 e. The minimum atomic E-state index is 0.519. The minimum Gasteiger partial charge on any atom is -0.296 e. The first kappa shape index (κ1) is 12.2. The van der Waals surface area contributed by atoms with Crippen LogP contribution in [-0.2, 0) is 6.54 Å². The third-order valence-corrected chi connectivity index (χ3v) is 3.81. The molecule has 14 heavy (non-hydrogen) atoms. The average Bonchev–Trinajstić information content (AvgIpc) is 2.51. The maximum Gasteiger partial charge on any atom is 0.207 e. The van der Waals surface area contributed by atoms with Gasteiger partial charge in [-0.05, 0) is 31.8 Å². The summed E-state index contributed by atoms with van der Waals surface area (Å²) < 4.78 is 0.519. The number of rotatable bonds is 5. The molecule has 6 heteroatoms. The molecule has 80 valence electrons. The fourth-order valence-electron chi connectivity index (χ4n) is 1.03. The summed E-state index contributed by atoms with van der Waals surface area (Å²) in [4.78, 5) is 2.26. The van der Waals surface area contributed by atoms with Crippen molar-refractivity contribution in [3.8, 4) is 0 Å². The lowest BCUT2D eigenvalue weighted by Crippen LogP contribution is -2.30. The molecule has 0 aromatic carbocycles. The second kappa shape index (κ2) is 5.90. The molecular formula is C8H14ClN3S2. The molecule has 0 amide bonds. The highest BCUT2D eigenvalue weighted by molar-refractivity contribution is 7.98. The molecule has 1 atom stereocenters. The summed E-state index contributed by atoms with van der Waals surface area (Å²) in [5.41, 5.74) is 0. The number of hydrogen-bond donors (Lipinski definition) is 0. The molecule has 0 N–H and O–H groups in total. The Kier molecular flexibility index (Phi) is 5.15. The molecule has 1 aromatic rings. The Morgan fingerprint density at radius 3 is 2.79 bits per heavy atom. The van der Waals surface area contributed by atoms with E-state index in [1.54, 1.807) is 0 Å². The van der Waals surface area contributed by atoms with Crippen molar-refractivity contribution in [2.75, 3.05) is 19.1 Å². The lowest BCUT2D eigenvalue weighted by atomic mass is 10.3. The van der Waals surface area contributed by atoms with E-state index in [1.165, 1.54) is 11.3 Å². The molecule has 1 unspecified atom stereocenters. The first-order valence-corrected chi connectivity index (χ1v) is 6.89. The molecule has 1 heterocycles. The van der Waals surface area contributed by atoms with Crippen LogP contribution in [0.25, 0.3) is 0 Å². The summed E-state index contributed by atoms with van der Waals surface area (Å²) in [7, 11) is 2.09. The van der Waals surface area contributed by atoms with Crippen molar-refractivity contribution in [3.05, 3.63) is 9.47 Å². The molecule has 0 aliphatic heterocycles. The molecule has 0 fully saturated rings. The van der Waals surface area contributed by atoms with Crippen LogP contribution in [0.3, 0.4) is 0 Å². The predicted molar refractivity (Wildman–Crippen MR) is 64.2 cm³/mol. The Bertz CT molecular complexity index is 279. The number of aromatic nitrogens is 2. The number of hydrogen-bond acceptors (Lipinski definition) is 5. The van der Waals surface area contributed by atoms with Crippen molar-refractivity contribution in [1.82, 2.24) is 15.1 Å². The van der Waals surface area contributed by atoms with Crippen molar-refractivity contribution in [2.24, 2.45) is 0 Å². The van der Waals surface area contributed by atoms with Gasteiger partial charge in [0.25, 0.3) is 0 Å².